The summed E-state index contributed by atoms with van der Waals surface area (Å²) >= 11 is 0. The van der Waals surface area contributed by atoms with Crippen LogP contribution in [0, 0.1) is 0 Å². The van der Waals surface area contributed by atoms with Crippen molar-refractivity contribution in [3.8, 4) is 0 Å². The molecule has 1 aromatic carbocycles. The lowest BCUT2D eigenvalue weighted by Crippen LogP contribution is -2.52. The van der Waals surface area contributed by atoms with Crippen LogP contribution in [-0.4, -0.2) is 82.3 Å². The molecule has 138 valence electrons. The molecule has 1 saturated heterocycles. The zero-order chi connectivity index (χ0) is 18.2. The van der Waals surface area contributed by atoms with E-state index in [-0.39, 0.29) is 12.0 Å². The molecule has 1 aliphatic heterocycles. The number of carbonyl (C=O) groups excluding carboxylic acids is 2. The number of amides is 2. The number of esters is 1. The highest BCUT2D eigenvalue weighted by Gasteiger charge is 2.23. The van der Waals surface area contributed by atoms with Crippen LogP contribution in [0.25, 0.3) is 0 Å². The van der Waals surface area contributed by atoms with Gasteiger partial charge in [0.15, 0.2) is 0 Å². The Balaban J connectivity index is 1.86. The molecule has 0 bridgehead atoms. The Kier molecular flexibility index (Phi) is 7.06. The summed E-state index contributed by atoms with van der Waals surface area (Å²) in [6.07, 6.45) is 0.936. The van der Waals surface area contributed by atoms with Crippen LogP contribution >= 0.6 is 0 Å². The molecular weight excluding hydrogens is 320 g/mol. The quantitative estimate of drug-likeness (QED) is 0.619. The Labute approximate surface area is 149 Å². The maximum atomic E-state index is 12.2. The van der Waals surface area contributed by atoms with Gasteiger partial charge in [-0.15, -0.1) is 0 Å². The zero-order valence-corrected chi connectivity index (χ0v) is 15.3. The van der Waals surface area contributed by atoms with E-state index in [0.29, 0.717) is 38.3 Å². The number of hydrogen-bond donors (Lipinski definition) is 1. The third-order valence-electron chi connectivity index (χ3n) is 4.28. The number of benzene rings is 1. The van der Waals surface area contributed by atoms with Gasteiger partial charge in [0.05, 0.1) is 18.4 Å². The summed E-state index contributed by atoms with van der Waals surface area (Å²) < 4.78 is 4.86. The van der Waals surface area contributed by atoms with Gasteiger partial charge < -0.3 is 24.8 Å². The van der Waals surface area contributed by atoms with Crippen molar-refractivity contribution < 1.29 is 14.3 Å². The summed E-state index contributed by atoms with van der Waals surface area (Å²) in [4.78, 5) is 30.2. The standard InChI is InChI=1S/C18H28N4O3/c1-20(2)10-6-9-19-18(24)22-13-11-21(12-14-22)16-8-5-4-7-15(16)17(23)25-3/h4-5,7-8H,6,9-14H2,1-3H3,(H,19,24). The van der Waals surface area contributed by atoms with E-state index < -0.39 is 0 Å². The summed E-state index contributed by atoms with van der Waals surface area (Å²) in [5.74, 6) is -0.336. The predicted molar refractivity (Wildman–Crippen MR) is 98.1 cm³/mol. The first-order chi connectivity index (χ1) is 12.0. The van der Waals surface area contributed by atoms with Crippen molar-refractivity contribution >= 4 is 17.7 Å². The Morgan fingerprint density at radius 3 is 2.48 bits per heavy atom. The maximum Gasteiger partial charge on any atom is 0.339 e. The van der Waals surface area contributed by atoms with E-state index in [2.05, 4.69) is 15.1 Å². The number of ether oxygens (including phenoxy) is 1. The van der Waals surface area contributed by atoms with Gasteiger partial charge in [-0.3, -0.25) is 0 Å². The number of methoxy groups -OCH3 is 1. The molecule has 7 nitrogen and oxygen atoms in total. The smallest absolute Gasteiger partial charge is 0.339 e. The molecule has 7 heteroatoms. The summed E-state index contributed by atoms with van der Waals surface area (Å²) in [7, 11) is 5.43. The Bertz CT molecular complexity index is 583. The lowest BCUT2D eigenvalue weighted by Gasteiger charge is -2.36. The van der Waals surface area contributed by atoms with E-state index in [4.69, 9.17) is 4.74 Å². The van der Waals surface area contributed by atoms with Crippen molar-refractivity contribution in [1.29, 1.82) is 0 Å². The molecule has 2 amide bonds. The molecule has 0 spiro atoms. The Morgan fingerprint density at radius 1 is 1.16 bits per heavy atom. The first-order valence-electron chi connectivity index (χ1n) is 8.62. The van der Waals surface area contributed by atoms with Crippen LogP contribution in [0.15, 0.2) is 24.3 Å². The van der Waals surface area contributed by atoms with Gasteiger partial charge in [-0.2, -0.15) is 0 Å². The van der Waals surface area contributed by atoms with Gasteiger partial charge in [0.1, 0.15) is 0 Å². The van der Waals surface area contributed by atoms with E-state index in [1.165, 1.54) is 7.11 Å². The van der Waals surface area contributed by atoms with Gasteiger partial charge in [-0.1, -0.05) is 12.1 Å². The van der Waals surface area contributed by atoms with E-state index in [0.717, 1.165) is 18.7 Å². The van der Waals surface area contributed by atoms with E-state index in [1.807, 2.05) is 37.2 Å². The third-order valence-corrected chi connectivity index (χ3v) is 4.28. The maximum absolute atomic E-state index is 12.2. The molecule has 0 atom stereocenters. The number of carbonyl (C=O) groups is 2. The number of nitrogens with one attached hydrogen (secondary N) is 1. The Hall–Kier alpha value is -2.28. The van der Waals surface area contributed by atoms with Crippen molar-refractivity contribution in [3.05, 3.63) is 29.8 Å². The largest absolute Gasteiger partial charge is 0.465 e. The Morgan fingerprint density at radius 2 is 1.84 bits per heavy atom. The summed E-state index contributed by atoms with van der Waals surface area (Å²) in [6.45, 7) is 4.29. The molecule has 25 heavy (non-hydrogen) atoms. The fourth-order valence-electron chi connectivity index (χ4n) is 2.88. The van der Waals surface area contributed by atoms with Gasteiger partial charge in [0.25, 0.3) is 0 Å². The highest BCUT2D eigenvalue weighted by atomic mass is 16.5. The second kappa shape index (κ2) is 9.27. The number of anilines is 1. The topological polar surface area (TPSA) is 65.1 Å². The fourth-order valence-corrected chi connectivity index (χ4v) is 2.88. The molecule has 1 N–H and O–H groups in total. The monoisotopic (exact) mass is 348 g/mol. The van der Waals surface area contributed by atoms with Crippen LogP contribution in [0.4, 0.5) is 10.5 Å². The van der Waals surface area contributed by atoms with E-state index in [9.17, 15) is 9.59 Å². The van der Waals surface area contributed by atoms with E-state index in [1.54, 1.807) is 6.07 Å². The van der Waals surface area contributed by atoms with Gasteiger partial charge >= 0.3 is 12.0 Å². The van der Waals surface area contributed by atoms with Crippen LogP contribution in [0.5, 0.6) is 0 Å². The third kappa shape index (κ3) is 5.35. The minimum atomic E-state index is -0.336. The lowest BCUT2D eigenvalue weighted by molar-refractivity contribution is 0.0601. The highest BCUT2D eigenvalue weighted by molar-refractivity contribution is 5.95. The second-order valence-corrected chi connectivity index (χ2v) is 6.37. The van der Waals surface area contributed by atoms with Crippen molar-refractivity contribution in [2.24, 2.45) is 0 Å². The van der Waals surface area contributed by atoms with Crippen molar-refractivity contribution in [2.45, 2.75) is 6.42 Å². The molecule has 0 saturated carbocycles. The normalized spacial score (nSPS) is 14.6. The summed E-state index contributed by atoms with van der Waals surface area (Å²) in [6, 6.07) is 7.41. The van der Waals surface area contributed by atoms with Crippen LogP contribution in [-0.2, 0) is 4.74 Å². The average molecular weight is 348 g/mol. The van der Waals surface area contributed by atoms with Crippen LogP contribution < -0.4 is 10.2 Å². The SMILES string of the molecule is COC(=O)c1ccccc1N1CCN(C(=O)NCCCN(C)C)CC1. The summed E-state index contributed by atoms with van der Waals surface area (Å²) in [5.41, 5.74) is 1.42. The minimum absolute atomic E-state index is 0.0142. The second-order valence-electron chi connectivity index (χ2n) is 6.37. The molecule has 1 aliphatic rings. The fraction of sp³-hybridized carbons (Fsp3) is 0.556. The lowest BCUT2D eigenvalue weighted by atomic mass is 10.1. The average Bonchev–Trinajstić information content (AvgIpc) is 2.64. The van der Waals surface area contributed by atoms with Gasteiger partial charge in [-0.05, 0) is 39.2 Å². The minimum Gasteiger partial charge on any atom is -0.465 e. The van der Waals surface area contributed by atoms with Crippen LogP contribution in [0.2, 0.25) is 0 Å². The highest BCUT2D eigenvalue weighted by Crippen LogP contribution is 2.22. The molecule has 0 radical (unpaired) electrons. The van der Waals surface area contributed by atoms with Gasteiger partial charge in [-0.25, -0.2) is 9.59 Å². The number of nitrogens with zero attached hydrogens (tertiary/aromatic N) is 3. The predicted octanol–water partition coefficient (Wildman–Crippen LogP) is 1.26. The molecule has 2 rings (SSSR count). The first kappa shape index (κ1) is 19.1. The number of urea groups is 1. The molecule has 1 heterocycles. The number of hydrogen-bond acceptors (Lipinski definition) is 5. The van der Waals surface area contributed by atoms with Gasteiger partial charge in [0.2, 0.25) is 0 Å². The number of rotatable bonds is 6. The first-order valence-corrected chi connectivity index (χ1v) is 8.62. The molecule has 0 unspecified atom stereocenters. The van der Waals surface area contributed by atoms with Crippen LogP contribution in [0.1, 0.15) is 16.8 Å². The van der Waals surface area contributed by atoms with Crippen molar-refractivity contribution in [1.82, 2.24) is 15.1 Å². The number of para-hydroxylation sites is 1. The van der Waals surface area contributed by atoms with E-state index >= 15 is 0 Å². The molecule has 1 fully saturated rings. The zero-order valence-electron chi connectivity index (χ0n) is 15.3. The molecular formula is C18H28N4O3. The van der Waals surface area contributed by atoms with Gasteiger partial charge in [0, 0.05) is 32.7 Å². The van der Waals surface area contributed by atoms with Crippen molar-refractivity contribution in [2.75, 3.05) is 65.4 Å². The molecule has 1 aromatic rings. The summed E-state index contributed by atoms with van der Waals surface area (Å²) in [5, 5.41) is 2.97. The molecule has 0 aliphatic carbocycles. The van der Waals surface area contributed by atoms with Crippen LogP contribution in [0.3, 0.4) is 0 Å². The molecule has 0 aromatic heterocycles. The number of piperazine rings is 1. The van der Waals surface area contributed by atoms with Crippen molar-refractivity contribution in [3.63, 3.8) is 0 Å².